The van der Waals surface area contributed by atoms with Crippen molar-refractivity contribution in [3.63, 3.8) is 0 Å². The van der Waals surface area contributed by atoms with E-state index in [1.54, 1.807) is 0 Å². The van der Waals surface area contributed by atoms with Crippen molar-refractivity contribution in [1.29, 1.82) is 0 Å². The van der Waals surface area contributed by atoms with Gasteiger partial charge in [-0.2, -0.15) is 4.98 Å². The molecule has 6 nitrogen and oxygen atoms in total. The predicted molar refractivity (Wildman–Crippen MR) is 60.5 cm³/mol. The van der Waals surface area contributed by atoms with Crippen LogP contribution in [0, 0.1) is 0 Å². The van der Waals surface area contributed by atoms with E-state index in [0.717, 1.165) is 12.4 Å². The first kappa shape index (κ1) is 12.5. The summed E-state index contributed by atoms with van der Waals surface area (Å²) < 4.78 is 10.4. The van der Waals surface area contributed by atoms with Gasteiger partial charge in [-0.25, -0.2) is 0 Å². The Balaban J connectivity index is 1.67. The predicted octanol–water partition coefficient (Wildman–Crippen LogP) is 0.388. The molecule has 1 aromatic heterocycles. The lowest BCUT2D eigenvalue weighted by Crippen LogP contribution is -2.23. The third-order valence-corrected chi connectivity index (χ3v) is 2.68. The Labute approximate surface area is 101 Å². The van der Waals surface area contributed by atoms with Crippen LogP contribution in [0.4, 0.5) is 0 Å². The van der Waals surface area contributed by atoms with Gasteiger partial charge in [0.05, 0.1) is 26.4 Å². The zero-order valence-electron chi connectivity index (χ0n) is 10.1. The summed E-state index contributed by atoms with van der Waals surface area (Å²) in [7, 11) is 1.98. The highest BCUT2D eigenvalue weighted by atomic mass is 16.5. The smallest absolute Gasteiger partial charge is 0.240 e. The van der Waals surface area contributed by atoms with Crippen LogP contribution in [-0.2, 0) is 11.3 Å². The number of aliphatic hydroxyl groups excluding tert-OH is 1. The highest BCUT2D eigenvalue weighted by Gasteiger charge is 2.28. The molecule has 1 aliphatic carbocycles. The quantitative estimate of drug-likeness (QED) is 0.664. The summed E-state index contributed by atoms with van der Waals surface area (Å²) in [5, 5.41) is 12.5. The number of hydrogen-bond donors (Lipinski definition) is 1. The summed E-state index contributed by atoms with van der Waals surface area (Å²) in [4.78, 5) is 6.41. The Morgan fingerprint density at radius 1 is 1.47 bits per heavy atom. The largest absolute Gasteiger partial charge is 0.394 e. The van der Waals surface area contributed by atoms with Crippen LogP contribution in [-0.4, -0.2) is 53.6 Å². The summed E-state index contributed by atoms with van der Waals surface area (Å²) in [6, 6.07) is 0. The molecule has 96 valence electrons. The number of rotatable bonds is 8. The van der Waals surface area contributed by atoms with Crippen LogP contribution >= 0.6 is 0 Å². The molecule has 1 heterocycles. The molecule has 1 aliphatic rings. The second-order valence-corrected chi connectivity index (χ2v) is 4.39. The highest BCUT2D eigenvalue weighted by Crippen LogP contribution is 2.38. The lowest BCUT2D eigenvalue weighted by Gasteiger charge is -2.13. The highest BCUT2D eigenvalue weighted by molar-refractivity contribution is 5.03. The van der Waals surface area contributed by atoms with E-state index in [1.165, 1.54) is 12.8 Å². The first-order chi connectivity index (χ1) is 8.29. The minimum atomic E-state index is 0.0676. The van der Waals surface area contributed by atoms with E-state index in [-0.39, 0.29) is 6.61 Å². The van der Waals surface area contributed by atoms with Gasteiger partial charge in [0, 0.05) is 12.5 Å². The van der Waals surface area contributed by atoms with Crippen molar-refractivity contribution < 1.29 is 14.4 Å². The average Bonchev–Trinajstić information content (AvgIpc) is 3.07. The van der Waals surface area contributed by atoms with Gasteiger partial charge in [0.2, 0.25) is 5.89 Å². The molecule has 0 saturated heterocycles. The lowest BCUT2D eigenvalue weighted by molar-refractivity contribution is 0.0755. The van der Waals surface area contributed by atoms with Crippen molar-refractivity contribution >= 4 is 0 Å². The van der Waals surface area contributed by atoms with E-state index < -0.39 is 0 Å². The Bertz CT molecular complexity index is 338. The van der Waals surface area contributed by atoms with E-state index >= 15 is 0 Å². The Kier molecular flexibility index (Phi) is 4.47. The SMILES string of the molecule is CN(CCOCCO)Cc1nc(C2CC2)no1. The van der Waals surface area contributed by atoms with Crippen LogP contribution < -0.4 is 0 Å². The molecule has 0 radical (unpaired) electrons. The number of ether oxygens (including phenoxy) is 1. The van der Waals surface area contributed by atoms with Crippen LogP contribution in [0.5, 0.6) is 0 Å². The van der Waals surface area contributed by atoms with Gasteiger partial charge in [-0.1, -0.05) is 5.16 Å². The molecular weight excluding hydrogens is 222 g/mol. The van der Waals surface area contributed by atoms with Gasteiger partial charge in [-0.15, -0.1) is 0 Å². The van der Waals surface area contributed by atoms with Gasteiger partial charge >= 0.3 is 0 Å². The molecule has 1 aromatic rings. The minimum absolute atomic E-state index is 0.0676. The zero-order chi connectivity index (χ0) is 12.1. The number of aromatic nitrogens is 2. The fourth-order valence-electron chi connectivity index (χ4n) is 1.54. The number of hydrogen-bond acceptors (Lipinski definition) is 6. The van der Waals surface area contributed by atoms with Gasteiger partial charge in [0.25, 0.3) is 0 Å². The van der Waals surface area contributed by atoms with Gasteiger partial charge in [0.1, 0.15) is 0 Å². The monoisotopic (exact) mass is 241 g/mol. The molecule has 0 bridgehead atoms. The minimum Gasteiger partial charge on any atom is -0.394 e. The zero-order valence-corrected chi connectivity index (χ0v) is 10.1. The molecule has 0 spiro atoms. The summed E-state index contributed by atoms with van der Waals surface area (Å²) in [6.07, 6.45) is 2.37. The maximum absolute atomic E-state index is 8.56. The molecule has 1 fully saturated rings. The summed E-state index contributed by atoms with van der Waals surface area (Å²) in [5.74, 6) is 2.05. The van der Waals surface area contributed by atoms with Crippen molar-refractivity contribution in [1.82, 2.24) is 15.0 Å². The maximum Gasteiger partial charge on any atom is 0.240 e. The van der Waals surface area contributed by atoms with Crippen molar-refractivity contribution in [2.45, 2.75) is 25.3 Å². The van der Waals surface area contributed by atoms with E-state index in [4.69, 9.17) is 14.4 Å². The Morgan fingerprint density at radius 2 is 2.29 bits per heavy atom. The fourth-order valence-corrected chi connectivity index (χ4v) is 1.54. The van der Waals surface area contributed by atoms with Crippen molar-refractivity contribution in [2.75, 3.05) is 33.4 Å². The van der Waals surface area contributed by atoms with E-state index in [9.17, 15) is 0 Å². The molecule has 2 rings (SSSR count). The summed E-state index contributed by atoms with van der Waals surface area (Å²) in [6.45, 7) is 2.47. The molecule has 0 amide bonds. The van der Waals surface area contributed by atoms with Crippen LogP contribution in [0.25, 0.3) is 0 Å². The Morgan fingerprint density at radius 3 is 3.00 bits per heavy atom. The molecule has 0 unspecified atom stereocenters. The molecular formula is C11H19N3O3. The number of aliphatic hydroxyl groups is 1. The van der Waals surface area contributed by atoms with Crippen LogP contribution in [0.1, 0.15) is 30.5 Å². The van der Waals surface area contributed by atoms with Crippen molar-refractivity contribution in [2.24, 2.45) is 0 Å². The molecule has 0 aromatic carbocycles. The van der Waals surface area contributed by atoms with E-state index in [2.05, 4.69) is 15.0 Å². The van der Waals surface area contributed by atoms with Gasteiger partial charge in [-0.3, -0.25) is 4.90 Å². The normalized spacial score (nSPS) is 15.7. The molecule has 0 aliphatic heterocycles. The first-order valence-corrected chi connectivity index (χ1v) is 5.99. The van der Waals surface area contributed by atoms with Gasteiger partial charge in [-0.05, 0) is 19.9 Å². The van der Waals surface area contributed by atoms with E-state index in [1.807, 2.05) is 7.05 Å². The molecule has 1 saturated carbocycles. The van der Waals surface area contributed by atoms with E-state index in [0.29, 0.717) is 31.6 Å². The standard InChI is InChI=1S/C11H19N3O3/c1-14(4-6-16-7-5-15)8-10-12-11(13-17-10)9-2-3-9/h9,15H,2-8H2,1H3. The number of likely N-dealkylation sites (N-methyl/N-ethyl adjacent to an activating group) is 1. The lowest BCUT2D eigenvalue weighted by atomic mass is 10.4. The van der Waals surface area contributed by atoms with Crippen molar-refractivity contribution in [3.05, 3.63) is 11.7 Å². The first-order valence-electron chi connectivity index (χ1n) is 5.99. The molecule has 1 N–H and O–H groups in total. The fraction of sp³-hybridized carbons (Fsp3) is 0.818. The Hall–Kier alpha value is -0.980. The van der Waals surface area contributed by atoms with Gasteiger partial charge < -0.3 is 14.4 Å². The van der Waals surface area contributed by atoms with Crippen LogP contribution in [0.3, 0.4) is 0 Å². The average molecular weight is 241 g/mol. The molecule has 6 heteroatoms. The third kappa shape index (κ3) is 4.07. The topological polar surface area (TPSA) is 71.6 Å². The van der Waals surface area contributed by atoms with Crippen LogP contribution in [0.2, 0.25) is 0 Å². The molecule has 17 heavy (non-hydrogen) atoms. The molecule has 0 atom stereocenters. The third-order valence-electron chi connectivity index (χ3n) is 2.68. The second kappa shape index (κ2) is 6.09. The summed E-state index contributed by atoms with van der Waals surface area (Å²) >= 11 is 0. The van der Waals surface area contributed by atoms with Gasteiger partial charge in [0.15, 0.2) is 5.82 Å². The van der Waals surface area contributed by atoms with Crippen molar-refractivity contribution in [3.8, 4) is 0 Å². The second-order valence-electron chi connectivity index (χ2n) is 4.39. The summed E-state index contributed by atoms with van der Waals surface area (Å²) in [5.41, 5.74) is 0. The van der Waals surface area contributed by atoms with Crippen LogP contribution in [0.15, 0.2) is 4.52 Å². The number of nitrogens with zero attached hydrogens (tertiary/aromatic N) is 3. The maximum atomic E-state index is 8.56.